The summed E-state index contributed by atoms with van der Waals surface area (Å²) in [7, 11) is -3.78. The Labute approximate surface area is 110 Å². The van der Waals surface area contributed by atoms with Crippen molar-refractivity contribution in [3.05, 3.63) is 60.8 Å². The summed E-state index contributed by atoms with van der Waals surface area (Å²) in [5.41, 5.74) is 0.935. The van der Waals surface area contributed by atoms with Gasteiger partial charge in [0, 0.05) is 17.1 Å². The predicted molar refractivity (Wildman–Crippen MR) is 72.6 cm³/mol. The molecule has 3 rings (SSSR count). The minimum absolute atomic E-state index is 0.143. The van der Waals surface area contributed by atoms with E-state index in [0.29, 0.717) is 5.75 Å². The third kappa shape index (κ3) is 2.32. The summed E-state index contributed by atoms with van der Waals surface area (Å²) >= 11 is 0. The number of nitrogens with one attached hydrogen (secondary N) is 1. The zero-order valence-corrected chi connectivity index (χ0v) is 10.7. The highest BCUT2D eigenvalue weighted by Crippen LogP contribution is 2.23. The van der Waals surface area contributed by atoms with Gasteiger partial charge in [-0.2, -0.15) is 8.42 Å². The summed E-state index contributed by atoms with van der Waals surface area (Å²) in [6.07, 6.45) is 1.79. The smallest absolute Gasteiger partial charge is 0.339 e. The van der Waals surface area contributed by atoms with Crippen LogP contribution in [0.5, 0.6) is 5.75 Å². The van der Waals surface area contributed by atoms with Crippen molar-refractivity contribution in [1.29, 1.82) is 0 Å². The number of H-pyrrole nitrogens is 1. The molecule has 1 heterocycles. The molecule has 96 valence electrons. The Kier molecular flexibility index (Phi) is 2.76. The van der Waals surface area contributed by atoms with Crippen molar-refractivity contribution in [2.24, 2.45) is 0 Å². The Balaban J connectivity index is 1.96. The summed E-state index contributed by atoms with van der Waals surface area (Å²) < 4.78 is 29.2. The van der Waals surface area contributed by atoms with Gasteiger partial charge >= 0.3 is 10.1 Å². The van der Waals surface area contributed by atoms with Crippen molar-refractivity contribution in [2.75, 3.05) is 0 Å². The topological polar surface area (TPSA) is 59.2 Å². The fourth-order valence-electron chi connectivity index (χ4n) is 1.85. The fraction of sp³-hybridized carbons (Fsp3) is 0. The van der Waals surface area contributed by atoms with Crippen LogP contribution in [-0.2, 0) is 10.1 Å². The van der Waals surface area contributed by atoms with Gasteiger partial charge in [-0.05, 0) is 36.4 Å². The molecule has 0 atom stereocenters. The number of aromatic amines is 1. The molecule has 0 spiro atoms. The molecule has 0 aliphatic rings. The average Bonchev–Trinajstić information content (AvgIpc) is 2.87. The quantitative estimate of drug-likeness (QED) is 0.746. The second-order valence-electron chi connectivity index (χ2n) is 4.08. The molecule has 2 aromatic carbocycles. The number of fused-ring (bicyclic) bond motifs is 1. The van der Waals surface area contributed by atoms with E-state index in [-0.39, 0.29) is 4.90 Å². The highest BCUT2D eigenvalue weighted by molar-refractivity contribution is 7.87. The lowest BCUT2D eigenvalue weighted by Gasteiger charge is -2.06. The zero-order valence-electron chi connectivity index (χ0n) is 9.91. The maximum absolute atomic E-state index is 12.0. The lowest BCUT2D eigenvalue weighted by molar-refractivity contribution is 0.486. The minimum atomic E-state index is -3.78. The van der Waals surface area contributed by atoms with E-state index in [2.05, 4.69) is 4.98 Å². The lowest BCUT2D eigenvalue weighted by Crippen LogP contribution is -2.09. The molecule has 1 aromatic heterocycles. The van der Waals surface area contributed by atoms with E-state index >= 15 is 0 Å². The standard InChI is InChI=1S/C14H11NO3S/c16-19(17,13-4-2-1-3-5-13)18-12-6-7-14-11(10-12)8-9-15-14/h1-10,15H. The molecule has 4 nitrogen and oxygen atoms in total. The number of benzene rings is 2. The minimum Gasteiger partial charge on any atom is -0.379 e. The molecule has 0 aliphatic carbocycles. The van der Waals surface area contributed by atoms with Gasteiger partial charge in [-0.15, -0.1) is 0 Å². The predicted octanol–water partition coefficient (Wildman–Crippen LogP) is 2.94. The van der Waals surface area contributed by atoms with E-state index in [1.165, 1.54) is 12.1 Å². The van der Waals surface area contributed by atoms with E-state index in [9.17, 15) is 8.42 Å². The van der Waals surface area contributed by atoms with E-state index < -0.39 is 10.1 Å². The van der Waals surface area contributed by atoms with Gasteiger partial charge in [-0.25, -0.2) is 0 Å². The van der Waals surface area contributed by atoms with Gasteiger partial charge in [0.1, 0.15) is 10.6 Å². The van der Waals surface area contributed by atoms with Crippen LogP contribution >= 0.6 is 0 Å². The number of rotatable bonds is 3. The van der Waals surface area contributed by atoms with Crippen LogP contribution in [0.15, 0.2) is 65.7 Å². The Morgan fingerprint density at radius 3 is 2.53 bits per heavy atom. The first-order chi connectivity index (χ1) is 9.15. The first kappa shape index (κ1) is 11.8. The van der Waals surface area contributed by atoms with Gasteiger partial charge in [0.15, 0.2) is 0 Å². The molecule has 0 bridgehead atoms. The van der Waals surface area contributed by atoms with Crippen LogP contribution in [0, 0.1) is 0 Å². The molecule has 0 saturated heterocycles. The summed E-state index contributed by atoms with van der Waals surface area (Å²) in [5.74, 6) is 0.302. The molecule has 5 heteroatoms. The van der Waals surface area contributed by atoms with E-state index in [0.717, 1.165) is 10.9 Å². The lowest BCUT2D eigenvalue weighted by atomic mass is 10.2. The number of hydrogen-bond acceptors (Lipinski definition) is 3. The van der Waals surface area contributed by atoms with Gasteiger partial charge in [-0.3, -0.25) is 0 Å². The first-order valence-corrected chi connectivity index (χ1v) is 7.13. The second-order valence-corrected chi connectivity index (χ2v) is 5.62. The number of aromatic nitrogens is 1. The van der Waals surface area contributed by atoms with Gasteiger partial charge in [-0.1, -0.05) is 18.2 Å². The average molecular weight is 273 g/mol. The highest BCUT2D eigenvalue weighted by atomic mass is 32.2. The molecule has 0 saturated carbocycles. The zero-order chi connectivity index (χ0) is 13.3. The third-order valence-corrected chi connectivity index (χ3v) is 4.02. The molecule has 19 heavy (non-hydrogen) atoms. The Morgan fingerprint density at radius 2 is 1.74 bits per heavy atom. The first-order valence-electron chi connectivity index (χ1n) is 5.72. The molecule has 0 fully saturated rings. The van der Waals surface area contributed by atoms with Crippen molar-refractivity contribution < 1.29 is 12.6 Å². The maximum atomic E-state index is 12.0. The van der Waals surface area contributed by atoms with Crippen LogP contribution in [-0.4, -0.2) is 13.4 Å². The summed E-state index contributed by atoms with van der Waals surface area (Å²) in [5, 5.41) is 0.903. The Morgan fingerprint density at radius 1 is 0.947 bits per heavy atom. The summed E-state index contributed by atoms with van der Waals surface area (Å²) in [4.78, 5) is 3.18. The van der Waals surface area contributed by atoms with Crippen LogP contribution in [0.1, 0.15) is 0 Å². The Hall–Kier alpha value is -2.27. The normalized spacial score (nSPS) is 11.6. The maximum Gasteiger partial charge on any atom is 0.339 e. The molecule has 3 aromatic rings. The van der Waals surface area contributed by atoms with E-state index in [1.54, 1.807) is 42.6 Å². The molecular formula is C14H11NO3S. The van der Waals surface area contributed by atoms with Crippen LogP contribution < -0.4 is 4.18 Å². The SMILES string of the molecule is O=S(=O)(Oc1ccc2[nH]ccc2c1)c1ccccc1. The third-order valence-electron chi connectivity index (χ3n) is 2.76. The van der Waals surface area contributed by atoms with Crippen LogP contribution in [0.4, 0.5) is 0 Å². The van der Waals surface area contributed by atoms with Crippen LogP contribution in [0.3, 0.4) is 0 Å². The van der Waals surface area contributed by atoms with Crippen molar-refractivity contribution in [1.82, 2.24) is 4.98 Å². The number of hydrogen-bond donors (Lipinski definition) is 1. The second kappa shape index (κ2) is 4.44. The molecule has 0 radical (unpaired) electrons. The van der Waals surface area contributed by atoms with Crippen molar-refractivity contribution in [3.63, 3.8) is 0 Å². The molecule has 0 amide bonds. The fourth-order valence-corrected chi connectivity index (χ4v) is 2.79. The monoisotopic (exact) mass is 273 g/mol. The molecule has 0 unspecified atom stereocenters. The Bertz CT molecular complexity index is 807. The van der Waals surface area contributed by atoms with Crippen molar-refractivity contribution >= 4 is 21.0 Å². The van der Waals surface area contributed by atoms with Crippen LogP contribution in [0.25, 0.3) is 10.9 Å². The summed E-state index contributed by atoms with van der Waals surface area (Å²) in [6, 6.07) is 15.0. The van der Waals surface area contributed by atoms with Crippen LogP contribution in [0.2, 0.25) is 0 Å². The molecule has 1 N–H and O–H groups in total. The van der Waals surface area contributed by atoms with Gasteiger partial charge in [0.05, 0.1) is 0 Å². The van der Waals surface area contributed by atoms with Gasteiger partial charge in [0.2, 0.25) is 0 Å². The van der Waals surface area contributed by atoms with Crippen molar-refractivity contribution in [3.8, 4) is 5.75 Å². The highest BCUT2D eigenvalue weighted by Gasteiger charge is 2.16. The van der Waals surface area contributed by atoms with E-state index in [1.807, 2.05) is 6.07 Å². The molecule has 0 aliphatic heterocycles. The van der Waals surface area contributed by atoms with Gasteiger partial charge < -0.3 is 9.17 Å². The van der Waals surface area contributed by atoms with Gasteiger partial charge in [0.25, 0.3) is 0 Å². The van der Waals surface area contributed by atoms with Crippen molar-refractivity contribution in [2.45, 2.75) is 4.90 Å². The largest absolute Gasteiger partial charge is 0.379 e. The van der Waals surface area contributed by atoms with E-state index in [4.69, 9.17) is 4.18 Å². The summed E-state index contributed by atoms with van der Waals surface area (Å²) in [6.45, 7) is 0. The molecular weight excluding hydrogens is 262 g/mol.